The molecule has 0 aliphatic carbocycles. The summed E-state index contributed by atoms with van der Waals surface area (Å²) in [6.07, 6.45) is 3.55. The number of hydrogen-bond acceptors (Lipinski definition) is 3. The predicted octanol–water partition coefficient (Wildman–Crippen LogP) is 2.82. The van der Waals surface area contributed by atoms with E-state index in [0.29, 0.717) is 6.42 Å². The van der Waals surface area contributed by atoms with E-state index in [4.69, 9.17) is 0 Å². The van der Waals surface area contributed by atoms with Gasteiger partial charge in [-0.05, 0) is 61.4 Å². The van der Waals surface area contributed by atoms with E-state index in [2.05, 4.69) is 16.9 Å². The molecule has 1 atom stereocenters. The van der Waals surface area contributed by atoms with Gasteiger partial charge in [0.15, 0.2) is 0 Å². The number of aryl methyl sites for hydroxylation is 2. The molecule has 2 heterocycles. The Kier molecular flexibility index (Phi) is 4.78. The minimum absolute atomic E-state index is 0.0738. The minimum atomic E-state index is -3.61. The second-order valence-corrected chi connectivity index (χ2v) is 9.18. The van der Waals surface area contributed by atoms with Crippen molar-refractivity contribution in [1.82, 2.24) is 4.72 Å². The summed E-state index contributed by atoms with van der Waals surface area (Å²) in [7, 11) is -3.61. The van der Waals surface area contributed by atoms with Gasteiger partial charge in [-0.3, -0.25) is 4.79 Å². The molecule has 2 aliphatic heterocycles. The van der Waals surface area contributed by atoms with Gasteiger partial charge in [0.1, 0.15) is 0 Å². The van der Waals surface area contributed by atoms with Gasteiger partial charge in [-0.2, -0.15) is 0 Å². The minimum Gasteiger partial charge on any atom is -0.312 e. The molecule has 0 saturated carbocycles. The second-order valence-electron chi connectivity index (χ2n) is 7.46. The van der Waals surface area contributed by atoms with Crippen LogP contribution in [0.3, 0.4) is 0 Å². The molecule has 0 saturated heterocycles. The molecule has 0 bridgehead atoms. The van der Waals surface area contributed by atoms with Crippen molar-refractivity contribution in [3.8, 4) is 0 Å². The number of amides is 1. The third-order valence-electron chi connectivity index (χ3n) is 5.36. The Morgan fingerprint density at radius 2 is 1.89 bits per heavy atom. The molecule has 27 heavy (non-hydrogen) atoms. The molecule has 0 aromatic heterocycles. The fraction of sp³-hybridized carbons (Fsp3) is 0.381. The Morgan fingerprint density at radius 1 is 1.15 bits per heavy atom. The molecule has 2 aromatic rings. The van der Waals surface area contributed by atoms with Gasteiger partial charge in [0, 0.05) is 12.6 Å². The Hall–Kier alpha value is -2.18. The number of carbonyl (C=O) groups is 1. The maximum absolute atomic E-state index is 12.9. The van der Waals surface area contributed by atoms with Crippen LogP contribution in [-0.4, -0.2) is 26.9 Å². The lowest BCUT2D eigenvalue weighted by atomic mass is 10.0. The third kappa shape index (κ3) is 3.64. The first-order valence-electron chi connectivity index (χ1n) is 9.46. The molecule has 0 spiro atoms. The SMILES string of the molecule is C[C@H](CCc1ccccc1)NS(=O)(=O)c1cc2c3c(c1)CC(=O)N3CCC2. The zero-order valence-corrected chi connectivity index (χ0v) is 16.3. The zero-order chi connectivity index (χ0) is 19.0. The highest BCUT2D eigenvalue weighted by Crippen LogP contribution is 2.38. The van der Waals surface area contributed by atoms with Crippen LogP contribution in [-0.2, 0) is 34.1 Å². The smallest absolute Gasteiger partial charge is 0.240 e. The van der Waals surface area contributed by atoms with Crippen molar-refractivity contribution in [3.05, 3.63) is 59.2 Å². The van der Waals surface area contributed by atoms with Gasteiger partial charge in [0.25, 0.3) is 0 Å². The van der Waals surface area contributed by atoms with Crippen LogP contribution >= 0.6 is 0 Å². The quantitative estimate of drug-likeness (QED) is 0.833. The second kappa shape index (κ2) is 7.09. The number of anilines is 1. The summed E-state index contributed by atoms with van der Waals surface area (Å²) in [5.74, 6) is 0.0738. The number of hydrogen-bond donors (Lipinski definition) is 1. The molecular weight excluding hydrogens is 360 g/mol. The molecule has 1 N–H and O–H groups in total. The van der Waals surface area contributed by atoms with Crippen LogP contribution in [0.25, 0.3) is 0 Å². The maximum atomic E-state index is 12.9. The number of nitrogens with one attached hydrogen (secondary N) is 1. The van der Waals surface area contributed by atoms with Gasteiger partial charge in [-0.1, -0.05) is 30.3 Å². The van der Waals surface area contributed by atoms with Crippen molar-refractivity contribution >= 4 is 21.6 Å². The van der Waals surface area contributed by atoms with Crippen molar-refractivity contribution in [1.29, 1.82) is 0 Å². The predicted molar refractivity (Wildman–Crippen MR) is 105 cm³/mol. The molecule has 0 radical (unpaired) electrons. The van der Waals surface area contributed by atoms with Crippen LogP contribution in [0.4, 0.5) is 5.69 Å². The fourth-order valence-corrected chi connectivity index (χ4v) is 5.40. The maximum Gasteiger partial charge on any atom is 0.240 e. The van der Waals surface area contributed by atoms with Gasteiger partial charge in [0.2, 0.25) is 15.9 Å². The zero-order valence-electron chi connectivity index (χ0n) is 15.4. The van der Waals surface area contributed by atoms with E-state index < -0.39 is 10.0 Å². The third-order valence-corrected chi connectivity index (χ3v) is 6.93. The van der Waals surface area contributed by atoms with Crippen LogP contribution in [0.2, 0.25) is 0 Å². The lowest BCUT2D eigenvalue weighted by Gasteiger charge is -2.26. The summed E-state index contributed by atoms with van der Waals surface area (Å²) in [5, 5.41) is 0. The molecule has 6 heteroatoms. The van der Waals surface area contributed by atoms with E-state index in [1.54, 1.807) is 17.0 Å². The first-order valence-corrected chi connectivity index (χ1v) is 10.9. The van der Waals surface area contributed by atoms with Crippen LogP contribution in [0.5, 0.6) is 0 Å². The van der Waals surface area contributed by atoms with E-state index in [0.717, 1.165) is 49.0 Å². The van der Waals surface area contributed by atoms with Crippen LogP contribution in [0, 0.1) is 0 Å². The molecule has 0 fully saturated rings. The van der Waals surface area contributed by atoms with Gasteiger partial charge in [-0.25, -0.2) is 13.1 Å². The van der Waals surface area contributed by atoms with E-state index in [-0.39, 0.29) is 16.8 Å². The van der Waals surface area contributed by atoms with E-state index in [1.165, 1.54) is 5.56 Å². The van der Waals surface area contributed by atoms with Crippen molar-refractivity contribution in [2.75, 3.05) is 11.4 Å². The van der Waals surface area contributed by atoms with Crippen molar-refractivity contribution in [2.24, 2.45) is 0 Å². The first kappa shape index (κ1) is 18.2. The van der Waals surface area contributed by atoms with Crippen LogP contribution in [0.1, 0.15) is 36.5 Å². The summed E-state index contributed by atoms with van der Waals surface area (Å²) in [6.45, 7) is 2.63. The summed E-state index contributed by atoms with van der Waals surface area (Å²) in [6, 6.07) is 13.3. The normalized spacial score (nSPS) is 17.1. The topological polar surface area (TPSA) is 66.5 Å². The molecule has 5 nitrogen and oxygen atoms in total. The Labute approximate surface area is 160 Å². The number of sulfonamides is 1. The number of benzene rings is 2. The highest BCUT2D eigenvalue weighted by atomic mass is 32.2. The molecule has 1 amide bonds. The van der Waals surface area contributed by atoms with E-state index >= 15 is 0 Å². The molecular formula is C21H24N2O3S. The Balaban J connectivity index is 1.51. The summed E-state index contributed by atoms with van der Waals surface area (Å²) in [4.78, 5) is 14.3. The fourth-order valence-electron chi connectivity index (χ4n) is 4.02. The lowest BCUT2D eigenvalue weighted by Crippen LogP contribution is -2.33. The molecule has 2 aliphatic rings. The molecule has 142 valence electrons. The van der Waals surface area contributed by atoms with E-state index in [9.17, 15) is 13.2 Å². The Bertz CT molecular complexity index is 970. The standard InChI is InChI=1S/C21H24N2O3S/c1-15(9-10-16-6-3-2-4-7-16)22-27(25,26)19-12-17-8-5-11-23-20(24)14-18(13-19)21(17)23/h2-4,6-7,12-13,15,22H,5,8-11,14H2,1H3/t15-/m1/s1. The summed E-state index contributed by atoms with van der Waals surface area (Å²) >= 11 is 0. The highest BCUT2D eigenvalue weighted by Gasteiger charge is 2.33. The van der Waals surface area contributed by atoms with Crippen molar-refractivity contribution < 1.29 is 13.2 Å². The summed E-state index contributed by atoms with van der Waals surface area (Å²) < 4.78 is 28.6. The lowest BCUT2D eigenvalue weighted by molar-refractivity contribution is -0.117. The van der Waals surface area contributed by atoms with Crippen molar-refractivity contribution in [3.63, 3.8) is 0 Å². The Morgan fingerprint density at radius 3 is 2.67 bits per heavy atom. The molecule has 4 rings (SSSR count). The van der Waals surface area contributed by atoms with Crippen molar-refractivity contribution in [2.45, 2.75) is 50.0 Å². The average Bonchev–Trinajstić information content (AvgIpc) is 2.98. The highest BCUT2D eigenvalue weighted by molar-refractivity contribution is 7.89. The molecule has 2 aromatic carbocycles. The number of nitrogens with zero attached hydrogens (tertiary/aromatic N) is 1. The average molecular weight is 385 g/mol. The largest absolute Gasteiger partial charge is 0.312 e. The first-order chi connectivity index (χ1) is 12.9. The monoisotopic (exact) mass is 384 g/mol. The number of rotatable bonds is 6. The van der Waals surface area contributed by atoms with Gasteiger partial charge < -0.3 is 4.90 Å². The summed E-state index contributed by atoms with van der Waals surface area (Å²) in [5.41, 5.74) is 3.96. The number of carbonyl (C=O) groups excluding carboxylic acids is 1. The van der Waals surface area contributed by atoms with Gasteiger partial charge in [-0.15, -0.1) is 0 Å². The van der Waals surface area contributed by atoms with Crippen LogP contribution in [0.15, 0.2) is 47.4 Å². The van der Waals surface area contributed by atoms with E-state index in [1.807, 2.05) is 25.1 Å². The van der Waals surface area contributed by atoms with Gasteiger partial charge >= 0.3 is 0 Å². The van der Waals surface area contributed by atoms with Crippen LogP contribution < -0.4 is 9.62 Å². The van der Waals surface area contributed by atoms with Gasteiger partial charge in [0.05, 0.1) is 17.0 Å². The molecule has 0 unspecified atom stereocenters.